The van der Waals surface area contributed by atoms with Gasteiger partial charge in [-0.2, -0.15) is 4.39 Å². The molecule has 6 nitrogen and oxygen atoms in total. The van der Waals surface area contributed by atoms with Crippen LogP contribution >= 0.6 is 0 Å². The molecule has 102 valence electrons. The number of aryl methyl sites for hydroxylation is 1. The van der Waals surface area contributed by atoms with Gasteiger partial charge in [-0.15, -0.1) is 0 Å². The topological polar surface area (TPSA) is 73.3 Å². The average molecular weight is 260 g/mol. The molecule has 0 fully saturated rings. The maximum atomic E-state index is 13.0. The molecule has 1 N–H and O–H groups in total. The van der Waals surface area contributed by atoms with Crippen molar-refractivity contribution in [3.63, 3.8) is 0 Å². The second-order valence-electron chi connectivity index (χ2n) is 3.56. The molecule has 0 saturated heterocycles. The highest BCUT2D eigenvalue weighted by Gasteiger charge is 2.10. The van der Waals surface area contributed by atoms with Crippen LogP contribution in [0.15, 0.2) is 15.8 Å². The predicted molar refractivity (Wildman–Crippen MR) is 62.9 cm³/mol. The van der Waals surface area contributed by atoms with Gasteiger partial charge in [0.05, 0.1) is 6.20 Å². The first-order valence-electron chi connectivity index (χ1n) is 5.81. The van der Waals surface area contributed by atoms with E-state index in [2.05, 4.69) is 0 Å². The summed E-state index contributed by atoms with van der Waals surface area (Å²) in [6.45, 7) is 4.84. The summed E-state index contributed by atoms with van der Waals surface area (Å²) in [5.74, 6) is -0.987. The van der Waals surface area contributed by atoms with Gasteiger partial charge in [-0.25, -0.2) is 4.79 Å². The second-order valence-corrected chi connectivity index (χ2v) is 3.56. The van der Waals surface area contributed by atoms with Crippen molar-refractivity contribution in [1.82, 2.24) is 9.55 Å². The van der Waals surface area contributed by atoms with Gasteiger partial charge in [0, 0.05) is 26.2 Å². The molecule has 0 aliphatic heterocycles. The van der Waals surface area contributed by atoms with E-state index in [-0.39, 0.29) is 6.54 Å². The predicted octanol–water partition coefficient (Wildman–Crippen LogP) is 0.465. The Kier molecular flexibility index (Phi) is 5.73. The third-order valence-corrected chi connectivity index (χ3v) is 2.28. The van der Waals surface area contributed by atoms with Crippen molar-refractivity contribution >= 4 is 0 Å². The van der Waals surface area contributed by atoms with E-state index in [9.17, 15) is 14.0 Å². The minimum absolute atomic E-state index is 0.206. The van der Waals surface area contributed by atoms with E-state index in [1.807, 2.05) is 18.8 Å². The first-order valence-corrected chi connectivity index (χ1v) is 5.81. The Morgan fingerprint density at radius 1 is 1.33 bits per heavy atom. The third-order valence-electron chi connectivity index (χ3n) is 2.28. The van der Waals surface area contributed by atoms with Crippen LogP contribution in [0.25, 0.3) is 0 Å². The number of aromatic amines is 1. The molecule has 0 radical (unpaired) electrons. The van der Waals surface area contributed by atoms with E-state index in [0.717, 1.165) is 10.8 Å². The summed E-state index contributed by atoms with van der Waals surface area (Å²) in [5.41, 5.74) is -1.66. The SMILES string of the molecule is CCOC(CCn1cc(F)c(=O)[nH]c1=O)OCC. The van der Waals surface area contributed by atoms with Gasteiger partial charge in [0.15, 0.2) is 6.29 Å². The molecule has 18 heavy (non-hydrogen) atoms. The van der Waals surface area contributed by atoms with Crippen LogP contribution in [0.1, 0.15) is 20.3 Å². The van der Waals surface area contributed by atoms with E-state index >= 15 is 0 Å². The normalized spacial score (nSPS) is 11.1. The molecule has 0 aromatic carbocycles. The lowest BCUT2D eigenvalue weighted by molar-refractivity contribution is -0.141. The van der Waals surface area contributed by atoms with E-state index in [1.54, 1.807) is 0 Å². The van der Waals surface area contributed by atoms with Gasteiger partial charge in [-0.05, 0) is 13.8 Å². The molecule has 1 rings (SSSR count). The molecule has 0 bridgehead atoms. The van der Waals surface area contributed by atoms with Gasteiger partial charge in [-0.1, -0.05) is 0 Å². The van der Waals surface area contributed by atoms with Crippen LogP contribution in [0.3, 0.4) is 0 Å². The molecule has 0 aliphatic carbocycles. The van der Waals surface area contributed by atoms with Crippen LogP contribution in [0.5, 0.6) is 0 Å². The summed E-state index contributed by atoms with van der Waals surface area (Å²) in [6, 6.07) is 0. The fraction of sp³-hybridized carbons (Fsp3) is 0.636. The fourth-order valence-electron chi connectivity index (χ4n) is 1.48. The number of hydrogen-bond acceptors (Lipinski definition) is 4. The molecule has 0 atom stereocenters. The fourth-order valence-corrected chi connectivity index (χ4v) is 1.48. The molecule has 1 aromatic rings. The molecule has 0 amide bonds. The van der Waals surface area contributed by atoms with Gasteiger partial charge in [-0.3, -0.25) is 14.3 Å². The maximum Gasteiger partial charge on any atom is 0.328 e. The van der Waals surface area contributed by atoms with Crippen LogP contribution in [-0.4, -0.2) is 29.1 Å². The quantitative estimate of drug-likeness (QED) is 0.723. The standard InChI is InChI=1S/C11H17FN2O4/c1-3-17-9(18-4-2)5-6-14-7-8(12)10(15)13-11(14)16/h7,9H,3-6H2,1-2H3,(H,13,15,16). The number of halogens is 1. The van der Waals surface area contributed by atoms with Crippen LogP contribution in [0.4, 0.5) is 4.39 Å². The Balaban J connectivity index is 2.70. The number of aromatic nitrogens is 2. The number of nitrogens with one attached hydrogen (secondary N) is 1. The van der Waals surface area contributed by atoms with Crippen molar-refractivity contribution in [2.24, 2.45) is 0 Å². The largest absolute Gasteiger partial charge is 0.353 e. The highest BCUT2D eigenvalue weighted by Crippen LogP contribution is 2.02. The second kappa shape index (κ2) is 7.07. The zero-order valence-corrected chi connectivity index (χ0v) is 10.4. The van der Waals surface area contributed by atoms with Crippen LogP contribution in [0, 0.1) is 5.82 Å². The summed E-state index contributed by atoms with van der Waals surface area (Å²) >= 11 is 0. The number of rotatable bonds is 7. The van der Waals surface area contributed by atoms with Crippen LogP contribution in [-0.2, 0) is 16.0 Å². The number of hydrogen-bond donors (Lipinski definition) is 1. The van der Waals surface area contributed by atoms with Crippen LogP contribution < -0.4 is 11.2 Å². The highest BCUT2D eigenvalue weighted by atomic mass is 19.1. The van der Waals surface area contributed by atoms with E-state index in [0.29, 0.717) is 19.6 Å². The van der Waals surface area contributed by atoms with Gasteiger partial charge >= 0.3 is 5.69 Å². The Morgan fingerprint density at radius 2 is 1.94 bits per heavy atom. The number of H-pyrrole nitrogens is 1. The third kappa shape index (κ3) is 4.08. The molecule has 1 aromatic heterocycles. The van der Waals surface area contributed by atoms with Crippen molar-refractivity contribution in [3.05, 3.63) is 32.9 Å². The summed E-state index contributed by atoms with van der Waals surface area (Å²) in [6.07, 6.45) is 0.838. The van der Waals surface area contributed by atoms with Crippen molar-refractivity contribution in [1.29, 1.82) is 0 Å². The van der Waals surface area contributed by atoms with Gasteiger partial charge in [0.25, 0.3) is 5.56 Å². The Morgan fingerprint density at radius 3 is 2.50 bits per heavy atom. The smallest absolute Gasteiger partial charge is 0.328 e. The maximum absolute atomic E-state index is 13.0. The molecular formula is C11H17FN2O4. The lowest BCUT2D eigenvalue weighted by Gasteiger charge is -2.17. The zero-order chi connectivity index (χ0) is 13.5. The van der Waals surface area contributed by atoms with Crippen molar-refractivity contribution < 1.29 is 13.9 Å². The molecule has 0 aliphatic rings. The monoisotopic (exact) mass is 260 g/mol. The van der Waals surface area contributed by atoms with E-state index < -0.39 is 23.4 Å². The highest BCUT2D eigenvalue weighted by molar-refractivity contribution is 4.86. The molecule has 1 heterocycles. The Hall–Kier alpha value is -1.47. The molecule has 0 saturated carbocycles. The first-order chi connectivity index (χ1) is 8.58. The molecule has 0 spiro atoms. The zero-order valence-electron chi connectivity index (χ0n) is 10.4. The van der Waals surface area contributed by atoms with Crippen molar-refractivity contribution in [2.75, 3.05) is 13.2 Å². The van der Waals surface area contributed by atoms with Gasteiger partial charge in [0.2, 0.25) is 5.82 Å². The Bertz CT molecular complexity index is 477. The first kappa shape index (κ1) is 14.6. The molecule has 7 heteroatoms. The van der Waals surface area contributed by atoms with Gasteiger partial charge < -0.3 is 9.47 Å². The van der Waals surface area contributed by atoms with Crippen LogP contribution in [0.2, 0.25) is 0 Å². The molecular weight excluding hydrogens is 243 g/mol. The minimum atomic E-state index is -1.01. The summed E-state index contributed by atoms with van der Waals surface area (Å²) in [4.78, 5) is 24.1. The minimum Gasteiger partial charge on any atom is -0.353 e. The number of ether oxygens (including phenoxy) is 2. The van der Waals surface area contributed by atoms with E-state index in [4.69, 9.17) is 9.47 Å². The lowest BCUT2D eigenvalue weighted by atomic mass is 10.4. The lowest BCUT2D eigenvalue weighted by Crippen LogP contribution is -2.32. The number of nitrogens with zero attached hydrogens (tertiary/aromatic N) is 1. The van der Waals surface area contributed by atoms with Crippen molar-refractivity contribution in [3.8, 4) is 0 Å². The summed E-state index contributed by atoms with van der Waals surface area (Å²) < 4.78 is 24.7. The van der Waals surface area contributed by atoms with Crippen molar-refractivity contribution in [2.45, 2.75) is 33.1 Å². The molecule has 0 unspecified atom stereocenters. The van der Waals surface area contributed by atoms with Gasteiger partial charge in [0.1, 0.15) is 0 Å². The Labute approximate surface area is 103 Å². The van der Waals surface area contributed by atoms with E-state index in [1.165, 1.54) is 0 Å². The summed E-state index contributed by atoms with van der Waals surface area (Å²) in [5, 5.41) is 0. The average Bonchev–Trinajstić information content (AvgIpc) is 2.32. The summed E-state index contributed by atoms with van der Waals surface area (Å²) in [7, 11) is 0.